The van der Waals surface area contributed by atoms with Crippen molar-refractivity contribution in [3.8, 4) is 0 Å². The van der Waals surface area contributed by atoms with Gasteiger partial charge in [0.15, 0.2) is 0 Å². The number of ether oxygens (including phenoxy) is 1. The summed E-state index contributed by atoms with van der Waals surface area (Å²) in [6.07, 6.45) is 14.5. The van der Waals surface area contributed by atoms with Crippen LogP contribution in [0.1, 0.15) is 109 Å². The summed E-state index contributed by atoms with van der Waals surface area (Å²) in [7, 11) is 0. The third-order valence-corrected chi connectivity index (χ3v) is 9.86. The van der Waals surface area contributed by atoms with E-state index in [-0.39, 0.29) is 35.2 Å². The zero-order chi connectivity index (χ0) is 28.3. The van der Waals surface area contributed by atoms with E-state index in [1.807, 2.05) is 6.08 Å². The zero-order valence-corrected chi connectivity index (χ0v) is 19.9. The second-order valence-electron chi connectivity index (χ2n) is 11.4. The van der Waals surface area contributed by atoms with Gasteiger partial charge in [-0.2, -0.15) is 0 Å². The van der Waals surface area contributed by atoms with Crippen LogP contribution in [0.4, 0.5) is 0 Å². The summed E-state index contributed by atoms with van der Waals surface area (Å²) in [5.41, 5.74) is 1.88. The van der Waals surface area contributed by atoms with Crippen LogP contribution in [0.3, 0.4) is 0 Å². The molecule has 4 rings (SSSR count). The number of carbonyl (C=O) groups excluding carboxylic acids is 1. The summed E-state index contributed by atoms with van der Waals surface area (Å²) in [5, 5.41) is 0. The molecule has 2 nitrogen and oxygen atoms in total. The number of rotatable bonds is 5. The van der Waals surface area contributed by atoms with Crippen molar-refractivity contribution >= 4 is 5.97 Å². The molecule has 3 saturated carbocycles. The molecule has 0 aromatic heterocycles. The standard InChI is InChI=1S/C29H46O2/c1-19(2)8-7-9-20(3)25-12-13-26-24-11-10-22-18-23(31-21(4)30)14-16-28(22,5)27(24)15-17-29(25,26)6/h7,9-10,19-20,23-27H,8,11-18H2,1-6H3/b9-7+/t20-,23-,24+,25?,26+,27+,28+,29-/m1/s1/i1D3,2D3,19D. The molecule has 2 heteroatoms. The Morgan fingerprint density at radius 3 is 2.81 bits per heavy atom. The lowest BCUT2D eigenvalue weighted by Gasteiger charge is -2.58. The summed E-state index contributed by atoms with van der Waals surface area (Å²) >= 11 is 0. The molecule has 0 bridgehead atoms. The fourth-order valence-electron chi connectivity index (χ4n) is 8.40. The van der Waals surface area contributed by atoms with Gasteiger partial charge < -0.3 is 4.74 Å². The average Bonchev–Trinajstić information content (AvgIpc) is 3.14. The second kappa shape index (κ2) is 8.71. The Hall–Kier alpha value is -1.05. The highest BCUT2D eigenvalue weighted by Gasteiger charge is 2.59. The Balaban J connectivity index is 1.47. The van der Waals surface area contributed by atoms with Crippen LogP contribution in [0.5, 0.6) is 0 Å². The van der Waals surface area contributed by atoms with Crippen molar-refractivity contribution in [3.63, 3.8) is 0 Å². The van der Waals surface area contributed by atoms with Crippen molar-refractivity contribution in [2.45, 2.75) is 105 Å². The van der Waals surface area contributed by atoms with Gasteiger partial charge in [-0.3, -0.25) is 4.79 Å². The lowest BCUT2D eigenvalue weighted by atomic mass is 9.47. The number of allylic oxidation sites excluding steroid dienone is 3. The van der Waals surface area contributed by atoms with E-state index in [9.17, 15) is 4.79 Å². The molecule has 0 amide bonds. The molecule has 3 fully saturated rings. The molecule has 0 aromatic rings. The van der Waals surface area contributed by atoms with Gasteiger partial charge in [-0.25, -0.2) is 0 Å². The summed E-state index contributed by atoms with van der Waals surface area (Å²) in [6.45, 7) is 2.81. The van der Waals surface area contributed by atoms with Crippen molar-refractivity contribution in [2.24, 2.45) is 46.3 Å². The van der Waals surface area contributed by atoms with E-state index < -0.39 is 19.6 Å². The number of hydrogen-bond donors (Lipinski definition) is 0. The molecule has 1 unspecified atom stereocenters. The molecule has 0 saturated heterocycles. The molecule has 0 aromatic carbocycles. The molecule has 0 radical (unpaired) electrons. The molecule has 4 aliphatic carbocycles. The van der Waals surface area contributed by atoms with Crippen LogP contribution in [0, 0.1) is 46.3 Å². The predicted molar refractivity (Wildman–Crippen MR) is 129 cm³/mol. The molecule has 0 heterocycles. The zero-order valence-electron chi connectivity index (χ0n) is 26.9. The van der Waals surface area contributed by atoms with Gasteiger partial charge in [-0.05, 0) is 97.7 Å². The van der Waals surface area contributed by atoms with Crippen molar-refractivity contribution in [3.05, 3.63) is 23.8 Å². The maximum Gasteiger partial charge on any atom is 0.302 e. The molecule has 0 spiro atoms. The van der Waals surface area contributed by atoms with Crippen LogP contribution >= 0.6 is 0 Å². The molecular formula is C29H46O2. The Labute approximate surface area is 201 Å². The Morgan fingerprint density at radius 1 is 1.26 bits per heavy atom. The third-order valence-electron chi connectivity index (χ3n) is 9.86. The van der Waals surface area contributed by atoms with Crippen LogP contribution in [0.2, 0.25) is 0 Å². The average molecular weight is 434 g/mol. The van der Waals surface area contributed by atoms with E-state index in [0.29, 0.717) is 23.7 Å². The van der Waals surface area contributed by atoms with Crippen LogP contribution in [-0.4, -0.2) is 12.1 Å². The molecule has 4 aliphatic rings. The number of esters is 1. The van der Waals surface area contributed by atoms with Crippen LogP contribution in [0.25, 0.3) is 0 Å². The number of carbonyl (C=O) groups is 1. The Kier molecular flexibility index (Phi) is 4.42. The highest BCUT2D eigenvalue weighted by molar-refractivity contribution is 5.66. The van der Waals surface area contributed by atoms with E-state index in [4.69, 9.17) is 14.3 Å². The summed E-state index contributed by atoms with van der Waals surface area (Å²) < 4.78 is 59.9. The molecule has 0 N–H and O–H groups in total. The summed E-state index contributed by atoms with van der Waals surface area (Å²) in [6, 6.07) is 0. The van der Waals surface area contributed by atoms with Gasteiger partial charge in [0.25, 0.3) is 0 Å². The normalized spacial score (nSPS) is 47.7. The van der Waals surface area contributed by atoms with E-state index in [0.717, 1.165) is 32.1 Å². The van der Waals surface area contributed by atoms with Gasteiger partial charge in [0.1, 0.15) is 6.10 Å². The minimum atomic E-state index is -2.88. The van der Waals surface area contributed by atoms with Crippen molar-refractivity contribution in [1.29, 1.82) is 0 Å². The second-order valence-corrected chi connectivity index (χ2v) is 11.4. The Morgan fingerprint density at radius 2 is 2.06 bits per heavy atom. The molecule has 8 atom stereocenters. The minimum Gasteiger partial charge on any atom is -0.462 e. The smallest absolute Gasteiger partial charge is 0.302 e. The third kappa shape index (κ3) is 4.18. The fourth-order valence-corrected chi connectivity index (χ4v) is 8.40. The first-order valence-electron chi connectivity index (χ1n) is 16.0. The molecule has 174 valence electrons. The number of fused-ring (bicyclic) bond motifs is 5. The maximum absolute atomic E-state index is 11.5. The lowest BCUT2D eigenvalue weighted by Crippen LogP contribution is -2.51. The van der Waals surface area contributed by atoms with E-state index >= 15 is 0 Å². The van der Waals surface area contributed by atoms with Crippen LogP contribution < -0.4 is 0 Å². The number of hydrogen-bond acceptors (Lipinski definition) is 2. The molecule has 0 aliphatic heterocycles. The summed E-state index contributed by atoms with van der Waals surface area (Å²) in [5.74, 6) is -0.0693. The first-order valence-corrected chi connectivity index (χ1v) is 12.5. The van der Waals surface area contributed by atoms with E-state index in [1.165, 1.54) is 31.8 Å². The van der Waals surface area contributed by atoms with E-state index in [1.54, 1.807) is 6.08 Å². The van der Waals surface area contributed by atoms with E-state index in [2.05, 4.69) is 26.8 Å². The molecular weight excluding hydrogens is 380 g/mol. The predicted octanol–water partition coefficient (Wildman–Crippen LogP) is 7.74. The highest BCUT2D eigenvalue weighted by atomic mass is 16.5. The molecule has 31 heavy (non-hydrogen) atoms. The lowest BCUT2D eigenvalue weighted by molar-refractivity contribution is -0.148. The topological polar surface area (TPSA) is 26.3 Å². The van der Waals surface area contributed by atoms with Gasteiger partial charge in [-0.1, -0.05) is 58.3 Å². The largest absolute Gasteiger partial charge is 0.462 e. The quantitative estimate of drug-likeness (QED) is 0.327. The SMILES string of the molecule is [2H]C([2H])([2H])C([2H])(C/C=C/[C@@H](C)C1CC[C@H]2[C@@H]3CC=C4C[C@H](OC(C)=O)CC[C@]4(C)[C@H]3CC[C@]12C)C([2H])([2H])[2H]. The maximum atomic E-state index is 11.5. The van der Waals surface area contributed by atoms with Gasteiger partial charge in [0.2, 0.25) is 0 Å². The minimum absolute atomic E-state index is 0.0128. The van der Waals surface area contributed by atoms with Crippen molar-refractivity contribution in [2.75, 3.05) is 0 Å². The van der Waals surface area contributed by atoms with Crippen LogP contribution in [-0.2, 0) is 9.53 Å². The van der Waals surface area contributed by atoms with Gasteiger partial charge in [0.05, 0.1) is 0 Å². The highest BCUT2D eigenvalue weighted by Crippen LogP contribution is 2.67. The van der Waals surface area contributed by atoms with Gasteiger partial charge in [0, 0.05) is 22.9 Å². The van der Waals surface area contributed by atoms with Crippen molar-refractivity contribution < 1.29 is 19.1 Å². The first kappa shape index (κ1) is 15.7. The van der Waals surface area contributed by atoms with Crippen molar-refractivity contribution in [1.82, 2.24) is 0 Å². The van der Waals surface area contributed by atoms with Gasteiger partial charge >= 0.3 is 5.97 Å². The van der Waals surface area contributed by atoms with Crippen LogP contribution in [0.15, 0.2) is 23.8 Å². The van der Waals surface area contributed by atoms with Gasteiger partial charge in [-0.15, -0.1) is 0 Å². The Bertz CT molecular complexity index is 953. The first-order chi connectivity index (χ1) is 17.4. The monoisotopic (exact) mass is 433 g/mol. The fraction of sp³-hybridized carbons (Fsp3) is 0.828. The summed E-state index contributed by atoms with van der Waals surface area (Å²) in [4.78, 5) is 11.5.